The zero-order valence-electron chi connectivity index (χ0n) is 6.71. The summed E-state index contributed by atoms with van der Waals surface area (Å²) in [6, 6.07) is 0. The molecule has 5 nitrogen and oxygen atoms in total. The number of hydrogen-bond acceptors (Lipinski definition) is 3. The van der Waals surface area contributed by atoms with Gasteiger partial charge in [0.2, 0.25) is 5.91 Å². The molecule has 0 aromatic heterocycles. The van der Waals surface area contributed by atoms with Crippen LogP contribution in [0.5, 0.6) is 0 Å². The van der Waals surface area contributed by atoms with Gasteiger partial charge in [0.25, 0.3) is 0 Å². The predicted octanol–water partition coefficient (Wildman–Crippen LogP) is -0.874. The first kappa shape index (κ1) is 8.25. The number of fused-ring (bicyclic) bond motifs is 2. The minimum absolute atomic E-state index is 0.441. The van der Waals surface area contributed by atoms with Crippen LogP contribution in [0.1, 0.15) is 0 Å². The number of aliphatic carboxylic acids is 1. The van der Waals surface area contributed by atoms with Crippen molar-refractivity contribution in [1.82, 2.24) is 0 Å². The topological polar surface area (TPSA) is 89.6 Å². The molecule has 1 amide bonds. The van der Waals surface area contributed by atoms with Gasteiger partial charge >= 0.3 is 5.97 Å². The molecule has 3 N–H and O–H groups in total. The fourth-order valence-electron chi connectivity index (χ4n) is 1.94. The highest BCUT2D eigenvalue weighted by Crippen LogP contribution is 2.38. The number of ether oxygens (including phenoxy) is 1. The molecular weight excluding hydrogens is 174 g/mol. The van der Waals surface area contributed by atoms with Crippen molar-refractivity contribution in [2.75, 3.05) is 0 Å². The number of carbonyl (C=O) groups excluding carboxylic acids is 1. The lowest BCUT2D eigenvalue weighted by Crippen LogP contribution is -2.39. The minimum Gasteiger partial charge on any atom is -0.481 e. The molecule has 0 aromatic carbocycles. The maximum Gasteiger partial charge on any atom is 0.310 e. The molecule has 0 aliphatic carbocycles. The summed E-state index contributed by atoms with van der Waals surface area (Å²) < 4.78 is 5.23. The molecule has 2 heterocycles. The van der Waals surface area contributed by atoms with Gasteiger partial charge in [-0.2, -0.15) is 0 Å². The summed E-state index contributed by atoms with van der Waals surface area (Å²) in [7, 11) is 0. The van der Waals surface area contributed by atoms with Crippen LogP contribution >= 0.6 is 0 Å². The number of carbonyl (C=O) groups is 2. The fourth-order valence-corrected chi connectivity index (χ4v) is 1.94. The van der Waals surface area contributed by atoms with Gasteiger partial charge in [-0.15, -0.1) is 0 Å². The molecule has 0 unspecified atom stereocenters. The largest absolute Gasteiger partial charge is 0.481 e. The van der Waals surface area contributed by atoms with E-state index in [0.717, 1.165) is 0 Å². The summed E-state index contributed by atoms with van der Waals surface area (Å²) in [5.74, 6) is -3.16. The van der Waals surface area contributed by atoms with Crippen LogP contribution in [0.4, 0.5) is 0 Å². The molecular formula is C8H9NO4. The summed E-state index contributed by atoms with van der Waals surface area (Å²) in [6.45, 7) is 0. The van der Waals surface area contributed by atoms with Crippen LogP contribution in [0.15, 0.2) is 12.2 Å². The predicted molar refractivity (Wildman–Crippen MR) is 41.6 cm³/mol. The summed E-state index contributed by atoms with van der Waals surface area (Å²) in [5.41, 5.74) is 5.10. The maximum atomic E-state index is 11.0. The third-order valence-corrected chi connectivity index (χ3v) is 2.51. The Labute approximate surface area is 74.2 Å². The van der Waals surface area contributed by atoms with Gasteiger partial charge in [-0.3, -0.25) is 9.59 Å². The Bertz CT molecular complexity index is 271. The van der Waals surface area contributed by atoms with Gasteiger partial charge in [0.1, 0.15) is 5.92 Å². The third-order valence-electron chi connectivity index (χ3n) is 2.51. The molecule has 2 bridgehead atoms. The second kappa shape index (κ2) is 2.56. The van der Waals surface area contributed by atoms with Crippen LogP contribution in [0.3, 0.4) is 0 Å². The highest BCUT2D eigenvalue weighted by molar-refractivity contribution is 5.86. The standard InChI is InChI=1S/C8H9NO4/c9-7(10)5-3-1-2-4(13-3)6(5)8(11)12/h1-6H,(H2,9,10)(H,11,12)/t3-,4+,5-,6+/m1/s1. The normalized spacial score (nSPS) is 40.9. The van der Waals surface area contributed by atoms with Crippen molar-refractivity contribution in [3.63, 3.8) is 0 Å². The van der Waals surface area contributed by atoms with Gasteiger partial charge in [-0.25, -0.2) is 0 Å². The highest BCUT2D eigenvalue weighted by atomic mass is 16.5. The van der Waals surface area contributed by atoms with Crippen molar-refractivity contribution in [2.24, 2.45) is 17.6 Å². The quantitative estimate of drug-likeness (QED) is 0.544. The van der Waals surface area contributed by atoms with Gasteiger partial charge in [0, 0.05) is 0 Å². The molecule has 2 rings (SSSR count). The third kappa shape index (κ3) is 1.04. The monoisotopic (exact) mass is 183 g/mol. The number of rotatable bonds is 2. The van der Waals surface area contributed by atoms with Crippen LogP contribution in [-0.4, -0.2) is 29.2 Å². The summed E-state index contributed by atoms with van der Waals surface area (Å²) in [4.78, 5) is 21.7. The Kier molecular flexibility index (Phi) is 1.63. The molecule has 5 heteroatoms. The van der Waals surface area contributed by atoms with Crippen molar-refractivity contribution in [3.8, 4) is 0 Å². The van der Waals surface area contributed by atoms with E-state index in [1.54, 1.807) is 12.2 Å². The number of carboxylic acids is 1. The molecule has 1 fully saturated rings. The van der Waals surface area contributed by atoms with E-state index in [1.165, 1.54) is 0 Å². The summed E-state index contributed by atoms with van der Waals surface area (Å²) in [5, 5.41) is 8.83. The second-order valence-corrected chi connectivity index (χ2v) is 3.24. The first-order valence-corrected chi connectivity index (χ1v) is 3.97. The Balaban J connectivity index is 2.30. The molecule has 0 spiro atoms. The number of primary amides is 1. The number of amides is 1. The van der Waals surface area contributed by atoms with Gasteiger partial charge in [0.05, 0.1) is 18.1 Å². The van der Waals surface area contributed by atoms with Crippen molar-refractivity contribution in [3.05, 3.63) is 12.2 Å². The highest BCUT2D eigenvalue weighted by Gasteiger charge is 2.52. The molecule has 1 saturated heterocycles. The summed E-state index contributed by atoms with van der Waals surface area (Å²) >= 11 is 0. The van der Waals surface area contributed by atoms with Crippen LogP contribution in [0.2, 0.25) is 0 Å². The van der Waals surface area contributed by atoms with E-state index in [-0.39, 0.29) is 0 Å². The lowest BCUT2D eigenvalue weighted by atomic mass is 9.83. The lowest BCUT2D eigenvalue weighted by molar-refractivity contribution is -0.146. The Hall–Kier alpha value is -1.36. The van der Waals surface area contributed by atoms with Crippen LogP contribution < -0.4 is 5.73 Å². The number of nitrogens with two attached hydrogens (primary N) is 1. The first-order chi connectivity index (χ1) is 6.11. The van der Waals surface area contributed by atoms with E-state index in [9.17, 15) is 9.59 Å². The smallest absolute Gasteiger partial charge is 0.310 e. The van der Waals surface area contributed by atoms with Crippen molar-refractivity contribution in [1.29, 1.82) is 0 Å². The molecule has 0 radical (unpaired) electrons. The van der Waals surface area contributed by atoms with E-state index >= 15 is 0 Å². The zero-order chi connectivity index (χ0) is 9.59. The SMILES string of the molecule is NC(=O)[C@H]1[C@@H](C(=O)O)[C@@H]2C=C[C@H]1O2. The molecule has 2 aliphatic rings. The van der Waals surface area contributed by atoms with E-state index < -0.39 is 35.9 Å². The van der Waals surface area contributed by atoms with E-state index in [1.807, 2.05) is 0 Å². The van der Waals surface area contributed by atoms with Gasteiger partial charge < -0.3 is 15.6 Å². The van der Waals surface area contributed by atoms with E-state index in [4.69, 9.17) is 15.6 Å². The van der Waals surface area contributed by atoms with E-state index in [0.29, 0.717) is 0 Å². The van der Waals surface area contributed by atoms with Crippen LogP contribution in [-0.2, 0) is 14.3 Å². The van der Waals surface area contributed by atoms with Gasteiger partial charge in [-0.05, 0) is 0 Å². The number of carboxylic acid groups (broad SMARTS) is 1. The average molecular weight is 183 g/mol. The Morgan fingerprint density at radius 2 is 1.77 bits per heavy atom. The summed E-state index contributed by atoms with van der Waals surface area (Å²) in [6.07, 6.45) is 2.44. The van der Waals surface area contributed by atoms with Crippen LogP contribution in [0.25, 0.3) is 0 Å². The maximum absolute atomic E-state index is 11.0. The fraction of sp³-hybridized carbons (Fsp3) is 0.500. The lowest BCUT2D eigenvalue weighted by Gasteiger charge is -2.17. The van der Waals surface area contributed by atoms with Crippen molar-refractivity contribution < 1.29 is 19.4 Å². The Morgan fingerprint density at radius 3 is 2.15 bits per heavy atom. The molecule has 0 saturated carbocycles. The van der Waals surface area contributed by atoms with Crippen molar-refractivity contribution >= 4 is 11.9 Å². The molecule has 70 valence electrons. The first-order valence-electron chi connectivity index (χ1n) is 3.97. The molecule has 0 aromatic rings. The van der Waals surface area contributed by atoms with Crippen LogP contribution in [0, 0.1) is 11.8 Å². The Morgan fingerprint density at radius 1 is 1.23 bits per heavy atom. The van der Waals surface area contributed by atoms with E-state index in [2.05, 4.69) is 0 Å². The zero-order valence-corrected chi connectivity index (χ0v) is 6.71. The molecule has 2 aliphatic heterocycles. The minimum atomic E-state index is -1.03. The number of hydrogen-bond donors (Lipinski definition) is 2. The van der Waals surface area contributed by atoms with Crippen molar-refractivity contribution in [2.45, 2.75) is 12.2 Å². The average Bonchev–Trinajstić information content (AvgIpc) is 2.60. The van der Waals surface area contributed by atoms with Gasteiger partial charge in [0.15, 0.2) is 0 Å². The second-order valence-electron chi connectivity index (χ2n) is 3.24. The molecule has 4 atom stereocenters. The van der Waals surface area contributed by atoms with Gasteiger partial charge in [-0.1, -0.05) is 12.2 Å². The molecule has 13 heavy (non-hydrogen) atoms.